The van der Waals surface area contributed by atoms with Crippen LogP contribution in [0.2, 0.25) is 0 Å². The molecule has 0 aromatic carbocycles. The third kappa shape index (κ3) is 3.32. The van der Waals surface area contributed by atoms with Gasteiger partial charge in [-0.2, -0.15) is 0 Å². The van der Waals surface area contributed by atoms with Crippen molar-refractivity contribution in [2.24, 2.45) is 0 Å². The third-order valence-electron chi connectivity index (χ3n) is 0.896. The summed E-state index contributed by atoms with van der Waals surface area (Å²) in [5.74, 6) is -0.318. The first kappa shape index (κ1) is 8.72. The molecule has 3 nitrogen and oxygen atoms in total. The molecule has 0 spiro atoms. The van der Waals surface area contributed by atoms with Gasteiger partial charge in [-0.25, -0.2) is 0 Å². The van der Waals surface area contributed by atoms with E-state index in [9.17, 15) is 4.79 Å². The summed E-state index contributed by atoms with van der Waals surface area (Å²) >= 11 is 5.47. The molecule has 0 saturated carbocycles. The van der Waals surface area contributed by atoms with Crippen LogP contribution in [0, 0.1) is 0 Å². The quantitative estimate of drug-likeness (QED) is 0.443. The lowest BCUT2D eigenvalue weighted by molar-refractivity contribution is -0.121. The minimum absolute atomic E-state index is 0.318. The third-order valence-corrected chi connectivity index (χ3v) is 1.40. The first-order valence-corrected chi connectivity index (χ1v) is 3.18. The molecular formula is C5H10ClNO2. The monoisotopic (exact) mass is 151 g/mol. The average molecular weight is 152 g/mol. The van der Waals surface area contributed by atoms with E-state index in [0.717, 1.165) is 0 Å². The summed E-state index contributed by atoms with van der Waals surface area (Å²) in [6.45, 7) is 1.46. The van der Waals surface area contributed by atoms with Crippen molar-refractivity contribution in [1.82, 2.24) is 5.32 Å². The Labute approximate surface area is 59.0 Å². The standard InChI is InChI=1S/C5H10ClNO2/c1-2-4(6)5(9)7-3-8/h4,8H,2-3H2,1H3,(H,7,9). The van der Waals surface area contributed by atoms with E-state index in [0.29, 0.717) is 6.42 Å². The van der Waals surface area contributed by atoms with Crippen LogP contribution in [0.4, 0.5) is 0 Å². The Morgan fingerprint density at radius 1 is 1.89 bits per heavy atom. The predicted molar refractivity (Wildman–Crippen MR) is 35.2 cm³/mol. The number of hydrogen-bond donors (Lipinski definition) is 2. The molecule has 0 bridgehead atoms. The van der Waals surface area contributed by atoms with Crippen molar-refractivity contribution < 1.29 is 9.90 Å². The maximum absolute atomic E-state index is 10.6. The molecule has 0 aliphatic heterocycles. The van der Waals surface area contributed by atoms with Crippen molar-refractivity contribution >= 4 is 17.5 Å². The molecule has 0 aromatic heterocycles. The van der Waals surface area contributed by atoms with Gasteiger partial charge in [0.15, 0.2) is 0 Å². The van der Waals surface area contributed by atoms with E-state index in [4.69, 9.17) is 16.7 Å². The molecule has 1 unspecified atom stereocenters. The van der Waals surface area contributed by atoms with Gasteiger partial charge in [-0.3, -0.25) is 4.79 Å². The zero-order valence-electron chi connectivity index (χ0n) is 5.22. The van der Waals surface area contributed by atoms with Crippen LogP contribution in [0.15, 0.2) is 0 Å². The molecule has 0 fully saturated rings. The van der Waals surface area contributed by atoms with Crippen LogP contribution < -0.4 is 5.32 Å². The molecule has 0 aliphatic carbocycles. The van der Waals surface area contributed by atoms with Gasteiger partial charge in [0, 0.05) is 0 Å². The summed E-state index contributed by atoms with van der Waals surface area (Å²) in [7, 11) is 0. The van der Waals surface area contributed by atoms with Crippen LogP contribution in [0.3, 0.4) is 0 Å². The lowest BCUT2D eigenvalue weighted by Crippen LogP contribution is -2.31. The highest BCUT2D eigenvalue weighted by Crippen LogP contribution is 1.99. The Balaban J connectivity index is 3.46. The van der Waals surface area contributed by atoms with Crippen LogP contribution in [-0.2, 0) is 4.79 Å². The first-order chi connectivity index (χ1) is 4.22. The second-order valence-electron chi connectivity index (χ2n) is 1.57. The van der Waals surface area contributed by atoms with Gasteiger partial charge < -0.3 is 10.4 Å². The van der Waals surface area contributed by atoms with Crippen LogP contribution in [0.1, 0.15) is 13.3 Å². The van der Waals surface area contributed by atoms with Gasteiger partial charge in [0.05, 0.1) is 0 Å². The van der Waals surface area contributed by atoms with Gasteiger partial charge in [-0.15, -0.1) is 11.6 Å². The zero-order valence-corrected chi connectivity index (χ0v) is 5.98. The van der Waals surface area contributed by atoms with E-state index >= 15 is 0 Å². The highest BCUT2D eigenvalue weighted by Gasteiger charge is 2.10. The van der Waals surface area contributed by atoms with E-state index in [1.165, 1.54) is 0 Å². The number of amides is 1. The second-order valence-corrected chi connectivity index (χ2v) is 2.10. The van der Waals surface area contributed by atoms with Crippen molar-refractivity contribution in [1.29, 1.82) is 0 Å². The van der Waals surface area contributed by atoms with E-state index in [1.54, 1.807) is 6.92 Å². The van der Waals surface area contributed by atoms with E-state index in [-0.39, 0.29) is 12.6 Å². The molecule has 1 amide bonds. The smallest absolute Gasteiger partial charge is 0.239 e. The van der Waals surface area contributed by atoms with E-state index in [1.807, 2.05) is 0 Å². The van der Waals surface area contributed by atoms with Crippen molar-refractivity contribution in [2.75, 3.05) is 6.73 Å². The maximum Gasteiger partial charge on any atom is 0.239 e. The minimum Gasteiger partial charge on any atom is -0.377 e. The molecule has 0 heterocycles. The van der Waals surface area contributed by atoms with Crippen molar-refractivity contribution in [2.45, 2.75) is 18.7 Å². The SMILES string of the molecule is CCC(Cl)C(=O)NCO. The van der Waals surface area contributed by atoms with E-state index in [2.05, 4.69) is 5.32 Å². The normalized spacial score (nSPS) is 12.8. The largest absolute Gasteiger partial charge is 0.377 e. The summed E-state index contributed by atoms with van der Waals surface area (Å²) < 4.78 is 0. The van der Waals surface area contributed by atoms with Crippen molar-refractivity contribution in [3.8, 4) is 0 Å². The molecule has 1 atom stereocenters. The van der Waals surface area contributed by atoms with Gasteiger partial charge in [-0.05, 0) is 6.42 Å². The summed E-state index contributed by atoms with van der Waals surface area (Å²) in [6.07, 6.45) is 0.577. The van der Waals surface area contributed by atoms with Gasteiger partial charge in [0.1, 0.15) is 12.1 Å². The number of alkyl halides is 1. The van der Waals surface area contributed by atoms with Crippen molar-refractivity contribution in [3.05, 3.63) is 0 Å². The first-order valence-electron chi connectivity index (χ1n) is 2.75. The molecule has 0 rings (SSSR count). The molecule has 54 valence electrons. The lowest BCUT2D eigenvalue weighted by atomic mass is 10.3. The number of hydrogen-bond acceptors (Lipinski definition) is 2. The van der Waals surface area contributed by atoms with E-state index < -0.39 is 5.38 Å². The number of nitrogens with one attached hydrogen (secondary N) is 1. The highest BCUT2D eigenvalue weighted by molar-refractivity contribution is 6.30. The summed E-state index contributed by atoms with van der Waals surface area (Å²) in [5.41, 5.74) is 0. The number of carbonyl (C=O) groups excluding carboxylic acids is 1. The Morgan fingerprint density at radius 2 is 2.44 bits per heavy atom. The van der Waals surface area contributed by atoms with Gasteiger partial charge in [0.25, 0.3) is 0 Å². The lowest BCUT2D eigenvalue weighted by Gasteiger charge is -2.03. The fraction of sp³-hybridized carbons (Fsp3) is 0.800. The topological polar surface area (TPSA) is 49.3 Å². The molecule has 0 aliphatic rings. The predicted octanol–water partition coefficient (Wildman–Crippen LogP) is 0.0698. The minimum atomic E-state index is -0.517. The second kappa shape index (κ2) is 4.58. The molecule has 0 aromatic rings. The van der Waals surface area contributed by atoms with Gasteiger partial charge in [0.2, 0.25) is 5.91 Å². The van der Waals surface area contributed by atoms with Crippen LogP contribution in [0.5, 0.6) is 0 Å². The number of aliphatic hydroxyl groups is 1. The summed E-state index contributed by atoms with van der Waals surface area (Å²) in [5, 5.41) is 9.85. The van der Waals surface area contributed by atoms with Gasteiger partial charge >= 0.3 is 0 Å². The molecule has 4 heteroatoms. The molecule has 9 heavy (non-hydrogen) atoms. The van der Waals surface area contributed by atoms with Crippen LogP contribution in [0.25, 0.3) is 0 Å². The molecule has 0 radical (unpaired) electrons. The Hall–Kier alpha value is -0.280. The average Bonchev–Trinajstić information content (AvgIpc) is 1.87. The Morgan fingerprint density at radius 3 is 2.78 bits per heavy atom. The highest BCUT2D eigenvalue weighted by atomic mass is 35.5. The fourth-order valence-electron chi connectivity index (χ4n) is 0.374. The maximum atomic E-state index is 10.6. The zero-order chi connectivity index (χ0) is 7.28. The molecule has 2 N–H and O–H groups in total. The summed E-state index contributed by atoms with van der Waals surface area (Å²) in [4.78, 5) is 10.6. The van der Waals surface area contributed by atoms with Crippen LogP contribution >= 0.6 is 11.6 Å². The number of halogens is 1. The molecule has 0 saturated heterocycles. The van der Waals surface area contributed by atoms with Crippen molar-refractivity contribution in [3.63, 3.8) is 0 Å². The fourth-order valence-corrected chi connectivity index (χ4v) is 0.451. The van der Waals surface area contributed by atoms with Crippen LogP contribution in [-0.4, -0.2) is 23.1 Å². The molecular weight excluding hydrogens is 142 g/mol. The Kier molecular flexibility index (Phi) is 4.44. The number of rotatable bonds is 3. The number of carbonyl (C=O) groups is 1. The Bertz CT molecular complexity index is 97.0. The summed E-state index contributed by atoms with van der Waals surface area (Å²) in [6, 6.07) is 0. The number of aliphatic hydroxyl groups excluding tert-OH is 1. The van der Waals surface area contributed by atoms with Gasteiger partial charge in [-0.1, -0.05) is 6.92 Å².